The summed E-state index contributed by atoms with van der Waals surface area (Å²) in [6, 6.07) is 4.60. The van der Waals surface area contributed by atoms with Gasteiger partial charge in [-0.2, -0.15) is 0 Å². The molecule has 0 radical (unpaired) electrons. The zero-order chi connectivity index (χ0) is 12.8. The van der Waals surface area contributed by atoms with Crippen LogP contribution in [0.25, 0.3) is 0 Å². The number of methoxy groups -OCH3 is 1. The number of benzene rings is 1. The fourth-order valence-electron chi connectivity index (χ4n) is 1.37. The smallest absolute Gasteiger partial charge is 0.306 e. The molecule has 0 aliphatic heterocycles. The van der Waals surface area contributed by atoms with E-state index in [0.717, 1.165) is 5.56 Å². The molecule has 5 heteroatoms. The molecule has 0 saturated carbocycles. The van der Waals surface area contributed by atoms with Crippen LogP contribution in [-0.4, -0.2) is 18.8 Å². The highest BCUT2D eigenvalue weighted by Crippen LogP contribution is 2.29. The van der Waals surface area contributed by atoms with E-state index in [1.54, 1.807) is 19.1 Å². The molecule has 0 aromatic heterocycles. The highest BCUT2D eigenvalue weighted by molar-refractivity contribution is 7.99. The number of hydrogen-bond acceptors (Lipinski definition) is 4. The van der Waals surface area contributed by atoms with Crippen LogP contribution in [0.1, 0.15) is 24.9 Å². The Hall–Kier alpha value is -1.07. The Morgan fingerprint density at radius 2 is 2.29 bits per heavy atom. The second-order valence-electron chi connectivity index (χ2n) is 3.62. The van der Waals surface area contributed by atoms with Crippen LogP contribution in [0.3, 0.4) is 0 Å². The van der Waals surface area contributed by atoms with E-state index >= 15 is 0 Å². The van der Waals surface area contributed by atoms with Crippen LogP contribution < -0.4 is 5.73 Å². The van der Waals surface area contributed by atoms with Crippen LogP contribution in [-0.2, 0) is 9.53 Å². The first-order chi connectivity index (χ1) is 8.06. The summed E-state index contributed by atoms with van der Waals surface area (Å²) in [5.74, 6) is -0.112. The second-order valence-corrected chi connectivity index (χ2v) is 4.73. The molecule has 1 aromatic rings. The van der Waals surface area contributed by atoms with Gasteiger partial charge in [0.2, 0.25) is 0 Å². The zero-order valence-electron chi connectivity index (χ0n) is 9.90. The van der Waals surface area contributed by atoms with Crippen molar-refractivity contribution in [2.24, 2.45) is 5.73 Å². The van der Waals surface area contributed by atoms with Crippen LogP contribution in [0.4, 0.5) is 4.39 Å². The minimum atomic E-state index is -0.297. The van der Waals surface area contributed by atoms with Crippen LogP contribution >= 0.6 is 11.8 Å². The molecule has 0 amide bonds. The van der Waals surface area contributed by atoms with Crippen LogP contribution in [0.5, 0.6) is 0 Å². The Bertz CT molecular complexity index is 396. The summed E-state index contributed by atoms with van der Waals surface area (Å²) < 4.78 is 18.1. The van der Waals surface area contributed by atoms with Crippen molar-refractivity contribution in [3.05, 3.63) is 29.6 Å². The summed E-state index contributed by atoms with van der Waals surface area (Å²) in [6.45, 7) is 1.80. The van der Waals surface area contributed by atoms with Gasteiger partial charge in [0.1, 0.15) is 5.82 Å². The topological polar surface area (TPSA) is 52.3 Å². The molecule has 17 heavy (non-hydrogen) atoms. The van der Waals surface area contributed by atoms with Gasteiger partial charge in [-0.3, -0.25) is 4.79 Å². The summed E-state index contributed by atoms with van der Waals surface area (Å²) in [4.78, 5) is 11.5. The summed E-state index contributed by atoms with van der Waals surface area (Å²) in [7, 11) is 1.34. The Morgan fingerprint density at radius 1 is 1.59 bits per heavy atom. The molecule has 1 rings (SSSR count). The van der Waals surface area contributed by atoms with Crippen molar-refractivity contribution < 1.29 is 13.9 Å². The third-order valence-corrected chi connectivity index (χ3v) is 3.40. The van der Waals surface area contributed by atoms with Crippen LogP contribution in [0.15, 0.2) is 23.1 Å². The second kappa shape index (κ2) is 6.61. The maximum absolute atomic E-state index is 13.6. The van der Waals surface area contributed by atoms with Crippen molar-refractivity contribution in [2.75, 3.05) is 12.9 Å². The van der Waals surface area contributed by atoms with Gasteiger partial charge in [0, 0.05) is 16.7 Å². The van der Waals surface area contributed by atoms with E-state index in [1.165, 1.54) is 24.9 Å². The lowest BCUT2D eigenvalue weighted by Crippen LogP contribution is -2.08. The molecular formula is C12H16FNO2S. The standard InChI is InChI=1S/C12H16FNO2S/c1-8(14)9-4-3-5-10(13)12(9)17-7-6-11(15)16-2/h3-5,8H,6-7,14H2,1-2H3. The highest BCUT2D eigenvalue weighted by Gasteiger charge is 2.12. The number of nitrogens with two attached hydrogens (primary N) is 1. The van der Waals surface area contributed by atoms with Gasteiger partial charge in [0.05, 0.1) is 13.5 Å². The SMILES string of the molecule is COC(=O)CCSc1c(F)cccc1C(C)N. The van der Waals surface area contributed by atoms with Crippen molar-refractivity contribution in [3.8, 4) is 0 Å². The zero-order valence-corrected chi connectivity index (χ0v) is 10.7. The molecule has 94 valence electrons. The summed E-state index contributed by atoms with van der Waals surface area (Å²) in [6.07, 6.45) is 0.258. The molecule has 0 aliphatic carbocycles. The maximum atomic E-state index is 13.6. The number of ether oxygens (including phenoxy) is 1. The first-order valence-electron chi connectivity index (χ1n) is 5.30. The maximum Gasteiger partial charge on any atom is 0.306 e. The number of rotatable bonds is 5. The van der Waals surface area contributed by atoms with Gasteiger partial charge in [-0.15, -0.1) is 11.8 Å². The third-order valence-electron chi connectivity index (χ3n) is 2.27. The van der Waals surface area contributed by atoms with Gasteiger partial charge in [0.15, 0.2) is 0 Å². The quantitative estimate of drug-likeness (QED) is 0.650. The predicted molar refractivity (Wildman–Crippen MR) is 66.4 cm³/mol. The number of esters is 1. The van der Waals surface area contributed by atoms with Gasteiger partial charge in [-0.05, 0) is 18.6 Å². The number of carbonyl (C=O) groups excluding carboxylic acids is 1. The highest BCUT2D eigenvalue weighted by atomic mass is 32.2. The lowest BCUT2D eigenvalue weighted by Gasteiger charge is -2.12. The van der Waals surface area contributed by atoms with Gasteiger partial charge >= 0.3 is 5.97 Å². The van der Waals surface area contributed by atoms with Crippen molar-refractivity contribution in [2.45, 2.75) is 24.3 Å². The van der Waals surface area contributed by atoms with Crippen molar-refractivity contribution in [3.63, 3.8) is 0 Å². The lowest BCUT2D eigenvalue weighted by atomic mass is 10.1. The Balaban J connectivity index is 2.72. The normalized spacial score (nSPS) is 12.2. The summed E-state index contributed by atoms with van der Waals surface area (Å²) in [5.41, 5.74) is 6.53. The van der Waals surface area contributed by atoms with Gasteiger partial charge in [-0.1, -0.05) is 12.1 Å². The molecule has 2 N–H and O–H groups in total. The van der Waals surface area contributed by atoms with E-state index in [-0.39, 0.29) is 24.2 Å². The Morgan fingerprint density at radius 3 is 2.88 bits per heavy atom. The molecule has 0 aliphatic rings. The van der Waals surface area contributed by atoms with Gasteiger partial charge < -0.3 is 10.5 Å². The fraction of sp³-hybridized carbons (Fsp3) is 0.417. The van der Waals surface area contributed by atoms with Crippen molar-refractivity contribution in [1.82, 2.24) is 0 Å². The van der Waals surface area contributed by atoms with Crippen molar-refractivity contribution >= 4 is 17.7 Å². The van der Waals surface area contributed by atoms with Gasteiger partial charge in [-0.25, -0.2) is 4.39 Å². The number of thioether (sulfide) groups is 1. The average Bonchev–Trinajstić information content (AvgIpc) is 2.30. The average molecular weight is 257 g/mol. The van der Waals surface area contributed by atoms with Crippen LogP contribution in [0.2, 0.25) is 0 Å². The monoisotopic (exact) mass is 257 g/mol. The molecule has 0 heterocycles. The first-order valence-corrected chi connectivity index (χ1v) is 6.28. The molecule has 1 aromatic carbocycles. The van der Waals surface area contributed by atoms with E-state index in [2.05, 4.69) is 4.74 Å². The minimum absolute atomic E-state index is 0.230. The molecule has 3 nitrogen and oxygen atoms in total. The molecule has 0 spiro atoms. The van der Waals surface area contributed by atoms with E-state index in [4.69, 9.17) is 5.73 Å². The summed E-state index contributed by atoms with van der Waals surface area (Å²) >= 11 is 1.29. The molecule has 0 saturated heterocycles. The summed E-state index contributed by atoms with van der Waals surface area (Å²) in [5, 5.41) is 0. The predicted octanol–water partition coefficient (Wildman–Crippen LogP) is 2.50. The van der Waals surface area contributed by atoms with Crippen LogP contribution in [0, 0.1) is 5.82 Å². The van der Waals surface area contributed by atoms with E-state index in [9.17, 15) is 9.18 Å². The third kappa shape index (κ3) is 4.02. The fourth-order valence-corrected chi connectivity index (χ4v) is 2.47. The molecule has 0 bridgehead atoms. The van der Waals surface area contributed by atoms with E-state index in [0.29, 0.717) is 10.6 Å². The molecular weight excluding hydrogens is 241 g/mol. The van der Waals surface area contributed by atoms with Gasteiger partial charge in [0.25, 0.3) is 0 Å². The minimum Gasteiger partial charge on any atom is -0.469 e. The lowest BCUT2D eigenvalue weighted by molar-refractivity contribution is -0.140. The first kappa shape index (κ1) is 14.0. The van der Waals surface area contributed by atoms with Crippen molar-refractivity contribution in [1.29, 1.82) is 0 Å². The number of hydrogen-bond donors (Lipinski definition) is 1. The Labute approximate surface area is 105 Å². The Kier molecular flexibility index (Phi) is 5.44. The number of carbonyl (C=O) groups is 1. The largest absolute Gasteiger partial charge is 0.469 e. The van der Waals surface area contributed by atoms with E-state index in [1.807, 2.05) is 0 Å². The molecule has 1 unspecified atom stereocenters. The molecule has 1 atom stereocenters. The molecule has 0 fully saturated rings. The van der Waals surface area contributed by atoms with E-state index < -0.39 is 0 Å². The number of halogens is 1.